The van der Waals surface area contributed by atoms with Gasteiger partial charge in [-0.2, -0.15) is 13.2 Å². The van der Waals surface area contributed by atoms with Crippen molar-refractivity contribution in [1.29, 1.82) is 0 Å². The number of para-hydroxylation sites is 1. The highest BCUT2D eigenvalue weighted by Crippen LogP contribution is 2.32. The first-order chi connectivity index (χ1) is 14.4. The molecular formula is C22H20F3N3O2. The number of pyridine rings is 1. The number of ether oxygens (including phenoxy) is 1. The van der Waals surface area contributed by atoms with E-state index < -0.39 is 11.7 Å². The van der Waals surface area contributed by atoms with Gasteiger partial charge >= 0.3 is 6.18 Å². The largest absolute Gasteiger partial charge is 0.439 e. The second-order valence-corrected chi connectivity index (χ2v) is 6.44. The smallest absolute Gasteiger partial charge is 0.416 e. The van der Waals surface area contributed by atoms with Crippen molar-refractivity contribution in [1.82, 2.24) is 10.3 Å². The fourth-order valence-electron chi connectivity index (χ4n) is 2.67. The number of amides is 1. The summed E-state index contributed by atoms with van der Waals surface area (Å²) in [6.45, 7) is 0.761. The minimum atomic E-state index is -4.45. The molecule has 0 fully saturated rings. The van der Waals surface area contributed by atoms with Gasteiger partial charge in [-0.15, -0.1) is 0 Å². The van der Waals surface area contributed by atoms with Crippen molar-refractivity contribution < 1.29 is 22.7 Å². The van der Waals surface area contributed by atoms with E-state index in [4.69, 9.17) is 4.74 Å². The summed E-state index contributed by atoms with van der Waals surface area (Å²) < 4.78 is 44.2. The molecule has 30 heavy (non-hydrogen) atoms. The number of hydrogen-bond acceptors (Lipinski definition) is 4. The van der Waals surface area contributed by atoms with Crippen LogP contribution in [-0.2, 0) is 17.5 Å². The molecule has 0 spiro atoms. The van der Waals surface area contributed by atoms with Crippen LogP contribution in [-0.4, -0.2) is 17.4 Å². The third-order valence-electron chi connectivity index (χ3n) is 4.13. The summed E-state index contributed by atoms with van der Waals surface area (Å²) in [5.41, 5.74) is 0.602. The van der Waals surface area contributed by atoms with Gasteiger partial charge in [-0.25, -0.2) is 4.98 Å². The van der Waals surface area contributed by atoms with E-state index in [-0.39, 0.29) is 24.0 Å². The zero-order chi connectivity index (χ0) is 21.4. The highest BCUT2D eigenvalue weighted by atomic mass is 19.4. The van der Waals surface area contributed by atoms with E-state index in [0.717, 1.165) is 17.8 Å². The van der Waals surface area contributed by atoms with Gasteiger partial charge in [0.15, 0.2) is 0 Å². The number of hydrogen-bond donors (Lipinski definition) is 2. The highest BCUT2D eigenvalue weighted by molar-refractivity contribution is 5.90. The SMILES string of the molecule is O=C(CCNCc1cccnc1Oc1cccc(C(F)(F)F)c1)Nc1ccccc1. The van der Waals surface area contributed by atoms with Crippen LogP contribution in [0.1, 0.15) is 17.5 Å². The van der Waals surface area contributed by atoms with Crippen molar-refractivity contribution in [3.8, 4) is 11.6 Å². The van der Waals surface area contributed by atoms with Crippen molar-refractivity contribution in [2.24, 2.45) is 0 Å². The monoisotopic (exact) mass is 415 g/mol. The van der Waals surface area contributed by atoms with Crippen LogP contribution in [0.3, 0.4) is 0 Å². The van der Waals surface area contributed by atoms with Gasteiger partial charge in [0.05, 0.1) is 5.56 Å². The quantitative estimate of drug-likeness (QED) is 0.508. The maximum absolute atomic E-state index is 12.9. The third-order valence-corrected chi connectivity index (χ3v) is 4.13. The van der Waals surface area contributed by atoms with E-state index in [0.29, 0.717) is 18.7 Å². The lowest BCUT2D eigenvalue weighted by atomic mass is 10.2. The lowest BCUT2D eigenvalue weighted by Crippen LogP contribution is -2.21. The molecule has 5 nitrogen and oxygen atoms in total. The van der Waals surface area contributed by atoms with Gasteiger partial charge in [-0.3, -0.25) is 4.79 Å². The first kappa shape index (κ1) is 21.3. The van der Waals surface area contributed by atoms with Gasteiger partial charge in [0, 0.05) is 37.0 Å². The zero-order valence-electron chi connectivity index (χ0n) is 15.9. The number of carbonyl (C=O) groups is 1. The van der Waals surface area contributed by atoms with Gasteiger partial charge in [0.1, 0.15) is 5.75 Å². The fraction of sp³-hybridized carbons (Fsp3) is 0.182. The Bertz CT molecular complexity index is 979. The Balaban J connectivity index is 1.54. The summed E-state index contributed by atoms with van der Waals surface area (Å²) in [4.78, 5) is 16.1. The van der Waals surface area contributed by atoms with Crippen LogP contribution >= 0.6 is 0 Å². The van der Waals surface area contributed by atoms with Crippen LogP contribution in [0.4, 0.5) is 18.9 Å². The minimum absolute atomic E-state index is 0.0482. The van der Waals surface area contributed by atoms with Gasteiger partial charge in [0.25, 0.3) is 0 Å². The number of rotatable bonds is 8. The van der Waals surface area contributed by atoms with Crippen molar-refractivity contribution in [3.63, 3.8) is 0 Å². The van der Waals surface area contributed by atoms with Crippen molar-refractivity contribution >= 4 is 11.6 Å². The predicted molar refractivity (Wildman–Crippen MR) is 107 cm³/mol. The molecule has 0 aliphatic carbocycles. The van der Waals surface area contributed by atoms with E-state index in [9.17, 15) is 18.0 Å². The number of nitrogens with one attached hydrogen (secondary N) is 2. The van der Waals surface area contributed by atoms with Gasteiger partial charge in [-0.1, -0.05) is 30.3 Å². The molecule has 0 aliphatic rings. The molecular weight excluding hydrogens is 395 g/mol. The molecule has 0 atom stereocenters. The van der Waals surface area contributed by atoms with E-state index in [1.165, 1.54) is 18.3 Å². The van der Waals surface area contributed by atoms with Crippen LogP contribution in [0.15, 0.2) is 72.9 Å². The summed E-state index contributed by atoms with van der Waals surface area (Å²) in [7, 11) is 0. The molecule has 3 rings (SSSR count). The van der Waals surface area contributed by atoms with E-state index in [1.54, 1.807) is 24.3 Å². The fourth-order valence-corrected chi connectivity index (χ4v) is 2.67. The standard InChI is InChI=1S/C22H20F3N3O2/c23-22(24,25)17-7-4-10-19(14-17)30-21-16(6-5-12-27-21)15-26-13-11-20(29)28-18-8-2-1-3-9-18/h1-10,12,14,26H,11,13,15H2,(H,28,29). The Morgan fingerprint density at radius 3 is 2.57 bits per heavy atom. The maximum Gasteiger partial charge on any atom is 0.416 e. The van der Waals surface area contributed by atoms with E-state index >= 15 is 0 Å². The summed E-state index contributed by atoms with van der Waals surface area (Å²) in [5, 5.41) is 5.91. The first-order valence-corrected chi connectivity index (χ1v) is 9.26. The Morgan fingerprint density at radius 1 is 1.00 bits per heavy atom. The molecule has 1 aromatic heterocycles. The number of halogens is 3. The number of anilines is 1. The van der Waals surface area contributed by atoms with E-state index in [1.807, 2.05) is 18.2 Å². The van der Waals surface area contributed by atoms with Crippen LogP contribution in [0.5, 0.6) is 11.6 Å². The van der Waals surface area contributed by atoms with Gasteiger partial charge in [0.2, 0.25) is 11.8 Å². The molecule has 0 radical (unpaired) electrons. The molecule has 0 saturated carbocycles. The molecule has 1 heterocycles. The third kappa shape index (κ3) is 6.31. The van der Waals surface area contributed by atoms with Crippen molar-refractivity contribution in [2.45, 2.75) is 19.1 Å². The molecule has 8 heteroatoms. The lowest BCUT2D eigenvalue weighted by molar-refractivity contribution is -0.137. The second kappa shape index (κ2) is 9.89. The van der Waals surface area contributed by atoms with Crippen LogP contribution in [0, 0.1) is 0 Å². The Morgan fingerprint density at radius 2 is 1.80 bits per heavy atom. The summed E-state index contributed by atoms with van der Waals surface area (Å²) in [6.07, 6.45) is -2.69. The average molecular weight is 415 g/mol. The molecule has 0 unspecified atom stereocenters. The second-order valence-electron chi connectivity index (χ2n) is 6.44. The molecule has 1 amide bonds. The Hall–Kier alpha value is -3.39. The predicted octanol–water partition coefficient (Wildman–Crippen LogP) is 5.01. The number of carbonyl (C=O) groups excluding carboxylic acids is 1. The van der Waals surface area contributed by atoms with Crippen LogP contribution in [0.2, 0.25) is 0 Å². The number of benzene rings is 2. The Labute approximate surface area is 171 Å². The highest BCUT2D eigenvalue weighted by Gasteiger charge is 2.30. The lowest BCUT2D eigenvalue weighted by Gasteiger charge is -2.12. The normalized spacial score (nSPS) is 11.2. The summed E-state index contributed by atoms with van der Waals surface area (Å²) in [5.74, 6) is 0.130. The van der Waals surface area contributed by atoms with E-state index in [2.05, 4.69) is 15.6 Å². The molecule has 0 saturated heterocycles. The first-order valence-electron chi connectivity index (χ1n) is 9.26. The zero-order valence-corrected chi connectivity index (χ0v) is 15.9. The molecule has 0 bridgehead atoms. The number of nitrogens with zero attached hydrogens (tertiary/aromatic N) is 1. The van der Waals surface area contributed by atoms with Crippen molar-refractivity contribution in [2.75, 3.05) is 11.9 Å². The number of alkyl halides is 3. The van der Waals surface area contributed by atoms with Crippen molar-refractivity contribution in [3.05, 3.63) is 84.1 Å². The molecule has 156 valence electrons. The van der Waals surface area contributed by atoms with Crippen LogP contribution < -0.4 is 15.4 Å². The Kier molecular flexibility index (Phi) is 7.03. The maximum atomic E-state index is 12.9. The molecule has 2 N–H and O–H groups in total. The average Bonchev–Trinajstić information content (AvgIpc) is 2.73. The van der Waals surface area contributed by atoms with Crippen LogP contribution in [0.25, 0.3) is 0 Å². The molecule has 3 aromatic rings. The summed E-state index contributed by atoms with van der Waals surface area (Å²) in [6, 6.07) is 17.2. The number of aromatic nitrogens is 1. The minimum Gasteiger partial charge on any atom is -0.439 e. The molecule has 0 aliphatic heterocycles. The van der Waals surface area contributed by atoms with Gasteiger partial charge < -0.3 is 15.4 Å². The topological polar surface area (TPSA) is 63.2 Å². The molecule has 2 aromatic carbocycles. The summed E-state index contributed by atoms with van der Waals surface area (Å²) >= 11 is 0. The van der Waals surface area contributed by atoms with Gasteiger partial charge in [-0.05, 0) is 36.4 Å².